The summed E-state index contributed by atoms with van der Waals surface area (Å²) in [6.45, 7) is -0.0118. The third kappa shape index (κ3) is 2.98. The maximum atomic E-state index is 12.7. The number of imide groups is 1. The van der Waals surface area contributed by atoms with Gasteiger partial charge in [-0.25, -0.2) is 4.39 Å². The second-order valence-electron chi connectivity index (χ2n) is 4.05. The molecule has 2 amide bonds. The summed E-state index contributed by atoms with van der Waals surface area (Å²) in [4.78, 5) is 35.5. The number of rotatable bonds is 3. The van der Waals surface area contributed by atoms with Gasteiger partial charge in [-0.2, -0.15) is 0 Å². The van der Waals surface area contributed by atoms with Crippen molar-refractivity contribution in [2.75, 3.05) is 19.6 Å². The molecule has 0 aromatic heterocycles. The minimum absolute atomic E-state index is 0.0126. The van der Waals surface area contributed by atoms with E-state index in [1.54, 1.807) is 0 Å². The zero-order valence-electron chi connectivity index (χ0n) is 9.48. The lowest BCUT2D eigenvalue weighted by molar-refractivity contribution is -0.135. The van der Waals surface area contributed by atoms with Crippen molar-refractivity contribution in [3.63, 3.8) is 0 Å². The molecule has 1 fully saturated rings. The van der Waals surface area contributed by atoms with Crippen molar-refractivity contribution in [1.29, 1.82) is 0 Å². The predicted octanol–water partition coefficient (Wildman–Crippen LogP) is -0.0332. The van der Waals surface area contributed by atoms with Gasteiger partial charge in [-0.1, -0.05) is 0 Å². The molecule has 1 aliphatic rings. The van der Waals surface area contributed by atoms with E-state index in [9.17, 15) is 18.8 Å². The minimum atomic E-state index is -0.418. The molecule has 0 radical (unpaired) electrons. The highest BCUT2D eigenvalue weighted by Crippen LogP contribution is 2.05. The Morgan fingerprint density at radius 3 is 2.28 bits per heavy atom. The Morgan fingerprint density at radius 1 is 1.17 bits per heavy atom. The number of benzene rings is 1. The molecule has 1 saturated heterocycles. The number of nitrogens with zero attached hydrogens (tertiary/aromatic N) is 1. The molecule has 1 N–H and O–H groups in total. The van der Waals surface area contributed by atoms with Crippen LogP contribution in [0, 0.1) is 5.82 Å². The molecule has 94 valence electrons. The van der Waals surface area contributed by atoms with Gasteiger partial charge in [0, 0.05) is 5.56 Å². The van der Waals surface area contributed by atoms with Gasteiger partial charge in [0.1, 0.15) is 5.82 Å². The topological polar surface area (TPSA) is 66.5 Å². The first-order chi connectivity index (χ1) is 8.54. The number of halogens is 1. The Balaban J connectivity index is 2.00. The third-order valence-corrected chi connectivity index (χ3v) is 2.55. The van der Waals surface area contributed by atoms with E-state index in [2.05, 4.69) is 5.32 Å². The van der Waals surface area contributed by atoms with Crippen LogP contribution in [-0.4, -0.2) is 42.1 Å². The van der Waals surface area contributed by atoms with Crippen LogP contribution in [0.5, 0.6) is 0 Å². The van der Waals surface area contributed by atoms with Crippen molar-refractivity contribution in [2.45, 2.75) is 0 Å². The molecule has 1 aromatic rings. The second-order valence-corrected chi connectivity index (χ2v) is 4.05. The standard InChI is InChI=1S/C12H11FN2O3/c13-9-3-1-8(2-4-9)10(16)5-15-6-11(17)14-12(18)7-15/h1-4H,5-7H2,(H,14,17,18). The predicted molar refractivity (Wildman–Crippen MR) is 60.3 cm³/mol. The van der Waals surface area contributed by atoms with Gasteiger partial charge in [0.2, 0.25) is 11.8 Å². The summed E-state index contributed by atoms with van der Waals surface area (Å²) >= 11 is 0. The Morgan fingerprint density at radius 2 is 1.72 bits per heavy atom. The summed E-state index contributed by atoms with van der Waals surface area (Å²) in [5.41, 5.74) is 0.356. The molecule has 6 heteroatoms. The quantitative estimate of drug-likeness (QED) is 0.604. The number of nitrogens with one attached hydrogen (secondary N) is 1. The largest absolute Gasteiger partial charge is 0.294 e. The number of amides is 2. The average Bonchev–Trinajstić information content (AvgIpc) is 2.28. The SMILES string of the molecule is O=C1CN(CC(=O)c2ccc(F)cc2)CC(=O)N1. The smallest absolute Gasteiger partial charge is 0.240 e. The summed E-state index contributed by atoms with van der Waals surface area (Å²) in [6, 6.07) is 5.15. The van der Waals surface area contributed by atoms with Gasteiger partial charge in [-0.3, -0.25) is 24.6 Å². The van der Waals surface area contributed by atoms with E-state index in [-0.39, 0.29) is 25.4 Å². The summed E-state index contributed by atoms with van der Waals surface area (Å²) in [5.74, 6) is -1.51. The van der Waals surface area contributed by atoms with Gasteiger partial charge in [0.15, 0.2) is 5.78 Å². The van der Waals surface area contributed by atoms with Gasteiger partial charge < -0.3 is 0 Å². The molecule has 18 heavy (non-hydrogen) atoms. The molecule has 1 aliphatic heterocycles. The first kappa shape index (κ1) is 12.4. The number of carbonyl (C=O) groups is 3. The monoisotopic (exact) mass is 250 g/mol. The van der Waals surface area contributed by atoms with Crippen LogP contribution in [0.4, 0.5) is 4.39 Å². The summed E-state index contributed by atoms with van der Waals surface area (Å²) in [5, 5.41) is 2.15. The van der Waals surface area contributed by atoms with Gasteiger partial charge >= 0.3 is 0 Å². The number of ketones is 1. The number of piperazine rings is 1. The molecule has 0 saturated carbocycles. The molecule has 0 aliphatic carbocycles. The normalized spacial score (nSPS) is 16.5. The molecule has 0 unspecified atom stereocenters. The van der Waals surface area contributed by atoms with Crippen molar-refractivity contribution in [3.05, 3.63) is 35.6 Å². The second kappa shape index (κ2) is 5.05. The van der Waals surface area contributed by atoms with E-state index < -0.39 is 17.6 Å². The Kier molecular flexibility index (Phi) is 3.47. The van der Waals surface area contributed by atoms with Gasteiger partial charge in [0.25, 0.3) is 0 Å². The van der Waals surface area contributed by atoms with Crippen LogP contribution in [-0.2, 0) is 9.59 Å². The van der Waals surface area contributed by atoms with Crippen LogP contribution in [0.3, 0.4) is 0 Å². The van der Waals surface area contributed by atoms with Crippen LogP contribution in [0.2, 0.25) is 0 Å². The molecular weight excluding hydrogens is 239 g/mol. The number of carbonyl (C=O) groups excluding carboxylic acids is 3. The van der Waals surface area contributed by atoms with Gasteiger partial charge in [0.05, 0.1) is 19.6 Å². The molecule has 5 nitrogen and oxygen atoms in total. The zero-order valence-corrected chi connectivity index (χ0v) is 9.48. The molecule has 1 aromatic carbocycles. The lowest BCUT2D eigenvalue weighted by atomic mass is 10.1. The maximum absolute atomic E-state index is 12.7. The first-order valence-electron chi connectivity index (χ1n) is 5.38. The number of hydrogen-bond donors (Lipinski definition) is 1. The van der Waals surface area contributed by atoms with E-state index >= 15 is 0 Å². The molecule has 0 spiro atoms. The van der Waals surface area contributed by atoms with E-state index in [1.807, 2.05) is 0 Å². The third-order valence-electron chi connectivity index (χ3n) is 2.55. The molecular formula is C12H11FN2O3. The van der Waals surface area contributed by atoms with E-state index in [0.29, 0.717) is 5.56 Å². The van der Waals surface area contributed by atoms with Crippen molar-refractivity contribution < 1.29 is 18.8 Å². The summed E-state index contributed by atoms with van der Waals surface area (Å²) < 4.78 is 12.7. The molecule has 0 bridgehead atoms. The van der Waals surface area contributed by atoms with Crippen LogP contribution in [0.15, 0.2) is 24.3 Å². The Hall–Kier alpha value is -2.08. The highest BCUT2D eigenvalue weighted by molar-refractivity contribution is 6.01. The fourth-order valence-electron chi connectivity index (χ4n) is 1.74. The van der Waals surface area contributed by atoms with Crippen molar-refractivity contribution >= 4 is 17.6 Å². The van der Waals surface area contributed by atoms with E-state index in [1.165, 1.54) is 29.2 Å². The number of hydrogen-bond acceptors (Lipinski definition) is 4. The highest BCUT2D eigenvalue weighted by Gasteiger charge is 2.24. The first-order valence-corrected chi connectivity index (χ1v) is 5.38. The number of Topliss-reactive ketones (excluding diaryl/α,β-unsaturated/α-hetero) is 1. The van der Waals surface area contributed by atoms with E-state index in [4.69, 9.17) is 0 Å². The van der Waals surface area contributed by atoms with Crippen LogP contribution in [0.1, 0.15) is 10.4 Å². The van der Waals surface area contributed by atoms with Crippen molar-refractivity contribution in [3.8, 4) is 0 Å². The minimum Gasteiger partial charge on any atom is -0.294 e. The fourth-order valence-corrected chi connectivity index (χ4v) is 1.74. The molecule has 0 atom stereocenters. The highest BCUT2D eigenvalue weighted by atomic mass is 19.1. The van der Waals surface area contributed by atoms with Crippen LogP contribution < -0.4 is 5.32 Å². The van der Waals surface area contributed by atoms with Crippen molar-refractivity contribution in [2.24, 2.45) is 0 Å². The maximum Gasteiger partial charge on any atom is 0.240 e. The average molecular weight is 250 g/mol. The van der Waals surface area contributed by atoms with Crippen molar-refractivity contribution in [1.82, 2.24) is 10.2 Å². The van der Waals surface area contributed by atoms with E-state index in [0.717, 1.165) is 0 Å². The Bertz CT molecular complexity index is 483. The zero-order chi connectivity index (χ0) is 13.1. The lowest BCUT2D eigenvalue weighted by Crippen LogP contribution is -2.52. The fraction of sp³-hybridized carbons (Fsp3) is 0.250. The van der Waals surface area contributed by atoms with Gasteiger partial charge in [-0.05, 0) is 24.3 Å². The van der Waals surface area contributed by atoms with Crippen LogP contribution in [0.25, 0.3) is 0 Å². The molecule has 1 heterocycles. The Labute approximate surface area is 103 Å². The van der Waals surface area contributed by atoms with Crippen LogP contribution >= 0.6 is 0 Å². The lowest BCUT2D eigenvalue weighted by Gasteiger charge is -2.24. The summed E-state index contributed by atoms with van der Waals surface area (Å²) in [7, 11) is 0. The molecule has 2 rings (SSSR count). The van der Waals surface area contributed by atoms with Gasteiger partial charge in [-0.15, -0.1) is 0 Å². The summed E-state index contributed by atoms with van der Waals surface area (Å²) in [6.07, 6.45) is 0.